The molecule has 0 radical (unpaired) electrons. The number of likely N-dealkylation sites (N-methyl/N-ethyl adjacent to an activating group) is 1. The number of nitrogens with two attached hydrogens (primary N) is 1. The van der Waals surface area contributed by atoms with Crippen LogP contribution in [0, 0.1) is 0 Å². The highest BCUT2D eigenvalue weighted by atomic mass is 16.5. The lowest BCUT2D eigenvalue weighted by atomic mass is 10.1. The van der Waals surface area contributed by atoms with Gasteiger partial charge in [0.2, 0.25) is 0 Å². The van der Waals surface area contributed by atoms with E-state index < -0.39 is 0 Å². The van der Waals surface area contributed by atoms with Crippen molar-refractivity contribution in [3.8, 4) is 5.75 Å². The summed E-state index contributed by atoms with van der Waals surface area (Å²) in [5, 5.41) is 3.10. The van der Waals surface area contributed by atoms with E-state index in [1.807, 2.05) is 25.2 Å². The number of fused-ring (bicyclic) bond motifs is 1. The molecule has 18 heavy (non-hydrogen) atoms. The molecule has 0 bridgehead atoms. The molecule has 0 unspecified atom stereocenters. The number of ether oxygens (including phenoxy) is 1. The fourth-order valence-corrected chi connectivity index (χ4v) is 1.94. The Morgan fingerprint density at radius 1 is 1.50 bits per heavy atom. The van der Waals surface area contributed by atoms with Gasteiger partial charge >= 0.3 is 0 Å². The summed E-state index contributed by atoms with van der Waals surface area (Å²) in [7, 11) is 1.91. The minimum Gasteiger partial charge on any atom is -0.482 e. The molecule has 98 valence electrons. The number of benzene rings is 1. The van der Waals surface area contributed by atoms with Crippen molar-refractivity contribution in [2.45, 2.75) is 6.42 Å². The summed E-state index contributed by atoms with van der Waals surface area (Å²) in [6.45, 7) is 1.23. The van der Waals surface area contributed by atoms with Crippen molar-refractivity contribution in [3.05, 3.63) is 23.8 Å². The maximum Gasteiger partial charge on any atom is 0.266 e. The molecule has 4 N–H and O–H groups in total. The summed E-state index contributed by atoms with van der Waals surface area (Å²) in [5.41, 5.74) is 4.44. The molecule has 1 heterocycles. The lowest BCUT2D eigenvalue weighted by Crippen LogP contribution is -2.46. The molecular weight excluding hydrogens is 232 g/mol. The second-order valence-corrected chi connectivity index (χ2v) is 4.13. The van der Waals surface area contributed by atoms with Gasteiger partial charge in [0.25, 0.3) is 5.91 Å². The van der Waals surface area contributed by atoms with Crippen molar-refractivity contribution in [3.63, 3.8) is 0 Å². The Kier molecular flexibility index (Phi) is 4.14. The van der Waals surface area contributed by atoms with Crippen LogP contribution in [0.3, 0.4) is 0 Å². The zero-order valence-electron chi connectivity index (χ0n) is 10.4. The summed E-state index contributed by atoms with van der Waals surface area (Å²) in [6, 6.07) is 5.89. The number of nitrogens with zero attached hydrogens (tertiary/aromatic N) is 1. The summed E-state index contributed by atoms with van der Waals surface area (Å²) in [5.74, 6) is 5.93. The Morgan fingerprint density at radius 3 is 3.06 bits per heavy atom. The minimum atomic E-state index is -0.0915. The Bertz CT molecular complexity index is 436. The van der Waals surface area contributed by atoms with Gasteiger partial charge in [-0.25, -0.2) is 5.43 Å². The molecule has 0 fully saturated rings. The average molecular weight is 250 g/mol. The van der Waals surface area contributed by atoms with Crippen LogP contribution in [0.25, 0.3) is 0 Å². The Balaban J connectivity index is 2.26. The van der Waals surface area contributed by atoms with Gasteiger partial charge in [0, 0.05) is 0 Å². The predicted molar refractivity (Wildman–Crippen MR) is 69.2 cm³/mol. The van der Waals surface area contributed by atoms with Crippen molar-refractivity contribution < 1.29 is 9.53 Å². The van der Waals surface area contributed by atoms with Crippen molar-refractivity contribution in [2.24, 2.45) is 5.84 Å². The van der Waals surface area contributed by atoms with Gasteiger partial charge in [-0.3, -0.25) is 15.5 Å². The van der Waals surface area contributed by atoms with Gasteiger partial charge < -0.3 is 10.1 Å². The fraction of sp³-hybridized carbons (Fsp3) is 0.417. The van der Waals surface area contributed by atoms with Crippen molar-refractivity contribution in [2.75, 3.05) is 31.8 Å². The topological polar surface area (TPSA) is 79.6 Å². The van der Waals surface area contributed by atoms with Gasteiger partial charge in [0.05, 0.1) is 12.4 Å². The molecule has 1 aromatic rings. The predicted octanol–water partition coefficient (Wildman–Crippen LogP) is -0.405. The van der Waals surface area contributed by atoms with E-state index in [1.165, 1.54) is 0 Å². The van der Waals surface area contributed by atoms with Crippen molar-refractivity contribution in [1.29, 1.82) is 0 Å². The summed E-state index contributed by atoms with van der Waals surface area (Å²) >= 11 is 0. The summed E-state index contributed by atoms with van der Waals surface area (Å²) in [6.07, 6.45) is 0.905. The van der Waals surface area contributed by atoms with Gasteiger partial charge in [-0.05, 0) is 37.7 Å². The summed E-state index contributed by atoms with van der Waals surface area (Å²) in [4.78, 5) is 13.4. The number of amides is 1. The maximum atomic E-state index is 11.8. The first kappa shape index (κ1) is 12.8. The zero-order chi connectivity index (χ0) is 13.0. The second kappa shape index (κ2) is 5.81. The third-order valence-corrected chi connectivity index (χ3v) is 2.88. The number of hydrogen-bond donors (Lipinski definition) is 3. The van der Waals surface area contributed by atoms with Crippen LogP contribution in [0.5, 0.6) is 5.75 Å². The first-order chi connectivity index (χ1) is 8.76. The van der Waals surface area contributed by atoms with Crippen LogP contribution in [0.15, 0.2) is 18.2 Å². The minimum absolute atomic E-state index is 0.0601. The smallest absolute Gasteiger partial charge is 0.266 e. The number of carbonyl (C=O) groups is 1. The molecule has 1 aliphatic rings. The Hall–Kier alpha value is -1.63. The molecule has 0 aromatic heterocycles. The standard InChI is InChI=1S/C12H18N4O2/c1-14-5-4-9-2-3-11-10(6-9)16(8-15-13)12(17)7-18-11/h2-3,6,14-15H,4-5,7-8,13H2,1H3. The largest absolute Gasteiger partial charge is 0.482 e. The SMILES string of the molecule is CNCCc1ccc2c(c1)N(CNN)C(=O)CO2. The molecule has 6 nitrogen and oxygen atoms in total. The highest BCUT2D eigenvalue weighted by molar-refractivity contribution is 5.97. The van der Waals surface area contributed by atoms with E-state index in [0.717, 1.165) is 30.0 Å². The Morgan fingerprint density at radius 2 is 2.33 bits per heavy atom. The highest BCUT2D eigenvalue weighted by Gasteiger charge is 2.25. The van der Waals surface area contributed by atoms with E-state index in [-0.39, 0.29) is 19.2 Å². The van der Waals surface area contributed by atoms with E-state index in [0.29, 0.717) is 0 Å². The molecule has 0 saturated carbocycles. The molecule has 6 heteroatoms. The average Bonchev–Trinajstić information content (AvgIpc) is 2.39. The Labute approximate surface area is 106 Å². The molecule has 0 spiro atoms. The van der Waals surface area contributed by atoms with E-state index in [2.05, 4.69) is 10.7 Å². The molecule has 1 amide bonds. The molecule has 1 aliphatic heterocycles. The van der Waals surface area contributed by atoms with Crippen LogP contribution < -0.4 is 26.2 Å². The molecule has 0 atom stereocenters. The molecule has 0 aliphatic carbocycles. The van der Waals surface area contributed by atoms with Crippen LogP contribution in [-0.4, -0.2) is 32.8 Å². The maximum absolute atomic E-state index is 11.8. The van der Waals surface area contributed by atoms with Gasteiger partial charge in [-0.2, -0.15) is 0 Å². The van der Waals surface area contributed by atoms with Crippen LogP contribution in [-0.2, 0) is 11.2 Å². The third-order valence-electron chi connectivity index (χ3n) is 2.88. The van der Waals surface area contributed by atoms with Crippen LogP contribution in [0.1, 0.15) is 5.56 Å². The number of carbonyl (C=O) groups excluding carboxylic acids is 1. The van der Waals surface area contributed by atoms with Gasteiger partial charge in [0.15, 0.2) is 6.61 Å². The van der Waals surface area contributed by atoms with Crippen molar-refractivity contribution >= 4 is 11.6 Å². The lowest BCUT2D eigenvalue weighted by Gasteiger charge is -2.29. The molecular formula is C12H18N4O2. The third kappa shape index (κ3) is 2.61. The van der Waals surface area contributed by atoms with Crippen LogP contribution in [0.4, 0.5) is 5.69 Å². The first-order valence-electron chi connectivity index (χ1n) is 5.90. The highest BCUT2D eigenvalue weighted by Crippen LogP contribution is 2.32. The lowest BCUT2D eigenvalue weighted by molar-refractivity contribution is -0.121. The summed E-state index contributed by atoms with van der Waals surface area (Å²) < 4.78 is 5.40. The van der Waals surface area contributed by atoms with E-state index >= 15 is 0 Å². The second-order valence-electron chi connectivity index (χ2n) is 4.13. The van der Waals surface area contributed by atoms with Gasteiger partial charge in [-0.15, -0.1) is 0 Å². The number of nitrogens with one attached hydrogen (secondary N) is 2. The van der Waals surface area contributed by atoms with E-state index in [4.69, 9.17) is 10.6 Å². The first-order valence-corrected chi connectivity index (χ1v) is 5.90. The molecule has 0 saturated heterocycles. The van der Waals surface area contributed by atoms with Crippen LogP contribution in [0.2, 0.25) is 0 Å². The van der Waals surface area contributed by atoms with Gasteiger partial charge in [0.1, 0.15) is 5.75 Å². The fourth-order valence-electron chi connectivity index (χ4n) is 1.94. The molecule has 1 aromatic carbocycles. The number of rotatable bonds is 5. The number of anilines is 1. The van der Waals surface area contributed by atoms with Crippen molar-refractivity contribution in [1.82, 2.24) is 10.7 Å². The quantitative estimate of drug-likeness (QED) is 0.489. The van der Waals surface area contributed by atoms with E-state index in [9.17, 15) is 4.79 Å². The number of hydrazine groups is 1. The normalized spacial score (nSPS) is 14.3. The monoisotopic (exact) mass is 250 g/mol. The zero-order valence-corrected chi connectivity index (χ0v) is 10.4. The van der Waals surface area contributed by atoms with Gasteiger partial charge in [-0.1, -0.05) is 6.07 Å². The number of hydrogen-bond acceptors (Lipinski definition) is 5. The van der Waals surface area contributed by atoms with E-state index in [1.54, 1.807) is 4.90 Å². The van der Waals surface area contributed by atoms with Crippen LogP contribution >= 0.6 is 0 Å². The molecule has 2 rings (SSSR count).